The van der Waals surface area contributed by atoms with E-state index in [1.54, 1.807) is 43.3 Å². The highest BCUT2D eigenvalue weighted by molar-refractivity contribution is 7.89. The Hall–Kier alpha value is -3.66. The summed E-state index contributed by atoms with van der Waals surface area (Å²) in [5.74, 6) is -0.589. The van der Waals surface area contributed by atoms with Crippen molar-refractivity contribution in [3.63, 3.8) is 0 Å². The summed E-state index contributed by atoms with van der Waals surface area (Å²) in [7, 11) is -2.11. The van der Waals surface area contributed by atoms with E-state index in [0.29, 0.717) is 45.3 Å². The molecule has 0 aliphatic carbocycles. The van der Waals surface area contributed by atoms with E-state index in [9.17, 15) is 17.6 Å². The Balaban J connectivity index is 1.70. The van der Waals surface area contributed by atoms with Crippen LogP contribution in [0.5, 0.6) is 0 Å². The number of pyridine rings is 1. The van der Waals surface area contributed by atoms with Gasteiger partial charge in [0.2, 0.25) is 10.0 Å². The van der Waals surface area contributed by atoms with Crippen LogP contribution in [-0.2, 0) is 10.0 Å². The summed E-state index contributed by atoms with van der Waals surface area (Å²) in [5.41, 5.74) is 4.18. The average Bonchev–Trinajstić information content (AvgIpc) is 3.39. The second-order valence-electron chi connectivity index (χ2n) is 9.85. The SMILES string of the molecule is Cc1cc(F)cc(-c2cnc3ccc(-c4cccc(S(N)(=O)=O)c4)cc3c2C(=O)N(C)C[C@@H]2CCCN2)c1. The number of nitrogens with two attached hydrogens (primary N) is 1. The van der Waals surface area contributed by atoms with Crippen LogP contribution in [0, 0.1) is 12.7 Å². The van der Waals surface area contributed by atoms with Gasteiger partial charge in [-0.05, 0) is 85.0 Å². The van der Waals surface area contributed by atoms with E-state index in [0.717, 1.165) is 24.9 Å². The van der Waals surface area contributed by atoms with E-state index in [1.807, 2.05) is 18.2 Å². The van der Waals surface area contributed by atoms with Gasteiger partial charge in [0.05, 0.1) is 16.0 Å². The van der Waals surface area contributed by atoms with Gasteiger partial charge in [-0.15, -0.1) is 0 Å². The van der Waals surface area contributed by atoms with Crippen LogP contribution >= 0.6 is 0 Å². The minimum Gasteiger partial charge on any atom is -0.340 e. The van der Waals surface area contributed by atoms with Crippen LogP contribution in [0.4, 0.5) is 4.39 Å². The largest absolute Gasteiger partial charge is 0.340 e. The lowest BCUT2D eigenvalue weighted by molar-refractivity contribution is 0.0786. The highest BCUT2D eigenvalue weighted by Gasteiger charge is 2.25. The average molecular weight is 533 g/mol. The molecule has 1 aromatic heterocycles. The first-order chi connectivity index (χ1) is 18.1. The second-order valence-corrected chi connectivity index (χ2v) is 11.4. The number of aryl methyl sites for hydroxylation is 1. The zero-order valence-corrected chi connectivity index (χ0v) is 22.1. The van der Waals surface area contributed by atoms with Crippen molar-refractivity contribution in [3.05, 3.63) is 83.8 Å². The van der Waals surface area contributed by atoms with Gasteiger partial charge in [0.25, 0.3) is 5.91 Å². The molecule has 1 amide bonds. The summed E-state index contributed by atoms with van der Waals surface area (Å²) < 4.78 is 38.3. The third-order valence-electron chi connectivity index (χ3n) is 6.93. The molecule has 4 aromatic rings. The minimum atomic E-state index is -3.89. The summed E-state index contributed by atoms with van der Waals surface area (Å²) in [6.45, 7) is 3.27. The minimum absolute atomic E-state index is 0.00250. The maximum atomic E-state index is 14.4. The Kier molecular flexibility index (Phi) is 7.00. The first kappa shape index (κ1) is 26.0. The van der Waals surface area contributed by atoms with Crippen molar-refractivity contribution in [1.82, 2.24) is 15.2 Å². The summed E-state index contributed by atoms with van der Waals surface area (Å²) >= 11 is 0. The van der Waals surface area contributed by atoms with Gasteiger partial charge >= 0.3 is 0 Å². The van der Waals surface area contributed by atoms with Gasteiger partial charge in [0.15, 0.2) is 0 Å². The summed E-state index contributed by atoms with van der Waals surface area (Å²) in [6.07, 6.45) is 3.68. The number of rotatable bonds is 6. The number of nitrogens with zero attached hydrogens (tertiary/aromatic N) is 2. The molecule has 0 radical (unpaired) electrons. The highest BCUT2D eigenvalue weighted by atomic mass is 32.2. The number of benzene rings is 3. The van der Waals surface area contributed by atoms with Gasteiger partial charge in [-0.2, -0.15) is 0 Å². The van der Waals surface area contributed by atoms with Gasteiger partial charge in [-0.1, -0.05) is 24.3 Å². The molecule has 0 saturated carbocycles. The van der Waals surface area contributed by atoms with Crippen molar-refractivity contribution in [3.8, 4) is 22.3 Å². The number of likely N-dealkylation sites (N-methyl/N-ethyl adjacent to an activating group) is 1. The van der Waals surface area contributed by atoms with Crippen molar-refractivity contribution in [1.29, 1.82) is 0 Å². The molecule has 9 heteroatoms. The van der Waals surface area contributed by atoms with E-state index in [1.165, 1.54) is 24.3 Å². The zero-order chi connectivity index (χ0) is 27.0. The van der Waals surface area contributed by atoms with Crippen LogP contribution in [0.2, 0.25) is 0 Å². The van der Waals surface area contributed by atoms with Crippen LogP contribution in [0.3, 0.4) is 0 Å². The van der Waals surface area contributed by atoms with Gasteiger partial charge in [0, 0.05) is 36.8 Å². The third kappa shape index (κ3) is 5.31. The number of hydrogen-bond donors (Lipinski definition) is 2. The Labute approximate surface area is 221 Å². The molecule has 3 aromatic carbocycles. The number of halogens is 1. The third-order valence-corrected chi connectivity index (χ3v) is 7.85. The van der Waals surface area contributed by atoms with Crippen LogP contribution in [0.15, 0.2) is 71.8 Å². The van der Waals surface area contributed by atoms with Gasteiger partial charge in [-0.25, -0.2) is 17.9 Å². The smallest absolute Gasteiger partial charge is 0.255 e. The molecular formula is C29H29FN4O3S. The van der Waals surface area contributed by atoms with Crippen molar-refractivity contribution in [2.24, 2.45) is 5.14 Å². The fraction of sp³-hybridized carbons (Fsp3) is 0.241. The number of fused-ring (bicyclic) bond motifs is 1. The number of carbonyl (C=O) groups is 1. The molecule has 0 bridgehead atoms. The molecule has 196 valence electrons. The number of primary sulfonamides is 1. The molecule has 7 nitrogen and oxygen atoms in total. The lowest BCUT2D eigenvalue weighted by Gasteiger charge is -2.24. The molecule has 1 fully saturated rings. The van der Waals surface area contributed by atoms with Crippen LogP contribution in [0.25, 0.3) is 33.2 Å². The van der Waals surface area contributed by atoms with Crippen LogP contribution < -0.4 is 10.5 Å². The molecule has 38 heavy (non-hydrogen) atoms. The molecule has 3 N–H and O–H groups in total. The van der Waals surface area contributed by atoms with Crippen LogP contribution in [0.1, 0.15) is 28.8 Å². The standard InChI is InChI=1S/C29H29FN4O3S/c1-18-11-21(13-22(30)12-18)26-16-33-27-9-8-20(19-5-3-7-24(14-19)38(31,36)37)15-25(27)28(26)29(35)34(2)17-23-6-4-10-32-23/h3,5,7-9,11-16,23,32H,4,6,10,17H2,1-2H3,(H2,31,36,37)/t23-/m0/s1. The fourth-order valence-electron chi connectivity index (χ4n) is 5.08. The Morgan fingerprint density at radius 3 is 2.61 bits per heavy atom. The maximum Gasteiger partial charge on any atom is 0.255 e. The number of carbonyl (C=O) groups excluding carboxylic acids is 1. The van der Waals surface area contributed by atoms with Gasteiger partial charge < -0.3 is 10.2 Å². The summed E-state index contributed by atoms with van der Waals surface area (Å²) in [4.78, 5) is 20.3. The topological polar surface area (TPSA) is 105 Å². The molecule has 5 rings (SSSR count). The quantitative estimate of drug-likeness (QED) is 0.381. The molecule has 1 saturated heterocycles. The Morgan fingerprint density at radius 1 is 1.11 bits per heavy atom. The van der Waals surface area contributed by atoms with E-state index in [-0.39, 0.29) is 16.8 Å². The van der Waals surface area contributed by atoms with Gasteiger partial charge in [-0.3, -0.25) is 9.78 Å². The first-order valence-electron chi connectivity index (χ1n) is 12.4. The van der Waals surface area contributed by atoms with Gasteiger partial charge in [0.1, 0.15) is 5.82 Å². The summed E-state index contributed by atoms with van der Waals surface area (Å²) in [6, 6.07) is 16.7. The van der Waals surface area contributed by atoms with Crippen molar-refractivity contribution >= 4 is 26.8 Å². The predicted molar refractivity (Wildman–Crippen MR) is 147 cm³/mol. The molecule has 2 heterocycles. The van der Waals surface area contributed by atoms with E-state index in [4.69, 9.17) is 5.14 Å². The van der Waals surface area contributed by atoms with Crippen molar-refractivity contribution in [2.75, 3.05) is 20.1 Å². The number of aromatic nitrogens is 1. The van der Waals surface area contributed by atoms with Crippen LogP contribution in [-0.4, -0.2) is 50.4 Å². The van der Waals surface area contributed by atoms with E-state index >= 15 is 0 Å². The number of amides is 1. The lowest BCUT2D eigenvalue weighted by atomic mass is 9.93. The fourth-order valence-corrected chi connectivity index (χ4v) is 5.64. The number of nitrogens with one attached hydrogen (secondary N) is 1. The molecule has 1 atom stereocenters. The predicted octanol–water partition coefficient (Wildman–Crippen LogP) is 4.49. The highest BCUT2D eigenvalue weighted by Crippen LogP contribution is 2.34. The monoisotopic (exact) mass is 532 g/mol. The molecule has 0 spiro atoms. The zero-order valence-electron chi connectivity index (χ0n) is 21.2. The Morgan fingerprint density at radius 2 is 1.89 bits per heavy atom. The lowest BCUT2D eigenvalue weighted by Crippen LogP contribution is -2.38. The normalized spacial score (nSPS) is 15.6. The Bertz CT molecular complexity index is 1630. The van der Waals surface area contributed by atoms with E-state index in [2.05, 4.69) is 10.3 Å². The van der Waals surface area contributed by atoms with E-state index < -0.39 is 15.8 Å². The first-order valence-corrected chi connectivity index (χ1v) is 14.0. The summed E-state index contributed by atoms with van der Waals surface area (Å²) in [5, 5.41) is 9.36. The second kappa shape index (κ2) is 10.2. The number of sulfonamides is 1. The maximum absolute atomic E-state index is 14.4. The molecule has 1 aliphatic heterocycles. The molecule has 0 unspecified atom stereocenters. The van der Waals surface area contributed by atoms with Crippen molar-refractivity contribution < 1.29 is 17.6 Å². The number of hydrogen-bond acceptors (Lipinski definition) is 5. The molecular weight excluding hydrogens is 503 g/mol. The molecule has 1 aliphatic rings. The van der Waals surface area contributed by atoms with Crippen molar-refractivity contribution in [2.45, 2.75) is 30.7 Å².